The largest absolute Gasteiger partial charge is 0.497 e. The van der Waals surface area contributed by atoms with Crippen molar-refractivity contribution in [3.63, 3.8) is 0 Å². The summed E-state index contributed by atoms with van der Waals surface area (Å²) in [6.45, 7) is 6.98. The van der Waals surface area contributed by atoms with Crippen LogP contribution in [0.15, 0.2) is 54.6 Å². The van der Waals surface area contributed by atoms with Gasteiger partial charge in [-0.2, -0.15) is 4.31 Å². The minimum absolute atomic E-state index is 0.0947. The van der Waals surface area contributed by atoms with Crippen molar-refractivity contribution in [3.8, 4) is 22.7 Å². The van der Waals surface area contributed by atoms with Gasteiger partial charge in [0.1, 0.15) is 11.5 Å². The Hall–Kier alpha value is -3.14. The van der Waals surface area contributed by atoms with Crippen LogP contribution < -0.4 is 4.74 Å². The molecule has 43 heavy (non-hydrogen) atoms. The smallest absolute Gasteiger partial charge is 0.255 e. The molecule has 3 fully saturated rings. The maximum Gasteiger partial charge on any atom is 0.255 e. The summed E-state index contributed by atoms with van der Waals surface area (Å²) in [4.78, 5) is 28.7. The van der Waals surface area contributed by atoms with Crippen molar-refractivity contribution in [2.24, 2.45) is 16.7 Å². The second-order valence-corrected chi connectivity index (χ2v) is 15.0. The first kappa shape index (κ1) is 29.9. The van der Waals surface area contributed by atoms with Gasteiger partial charge in [-0.3, -0.25) is 9.59 Å². The lowest BCUT2D eigenvalue weighted by Crippen LogP contribution is -2.53. The average Bonchev–Trinajstić information content (AvgIpc) is 3.52. The number of fused-ring (bicyclic) bond motifs is 2. The fraction of sp³-hybridized carbons (Fsp3) is 0.455. The Morgan fingerprint density at radius 3 is 2.30 bits per heavy atom. The second-order valence-electron chi connectivity index (χ2n) is 12.7. The zero-order valence-electron chi connectivity index (χ0n) is 25.1. The number of halogens is 1. The van der Waals surface area contributed by atoms with Crippen molar-refractivity contribution < 1.29 is 22.7 Å². The first-order valence-corrected chi connectivity index (χ1v) is 16.8. The Morgan fingerprint density at radius 1 is 1.05 bits per heavy atom. The Labute approximate surface area is 258 Å². The molecule has 0 N–H and O–H groups in total. The number of hydrogen-bond acceptors (Lipinski definition) is 5. The van der Waals surface area contributed by atoms with Crippen molar-refractivity contribution >= 4 is 33.3 Å². The fourth-order valence-corrected chi connectivity index (χ4v) is 10.0. The molecule has 2 aromatic carbocycles. The number of aromatic nitrogens is 1. The van der Waals surface area contributed by atoms with Gasteiger partial charge in [0, 0.05) is 43.7 Å². The zero-order valence-corrected chi connectivity index (χ0v) is 26.7. The molecule has 2 atom stereocenters. The molecule has 1 aliphatic heterocycles. The molecular formula is C33H38ClN3O5S. The molecule has 2 unspecified atom stereocenters. The number of piperazine rings is 1. The highest BCUT2D eigenvalue weighted by atomic mass is 35.5. The third-order valence-corrected chi connectivity index (χ3v) is 12.8. The molecule has 8 nitrogen and oxygen atoms in total. The number of nitrogens with zero attached hydrogens (tertiary/aromatic N) is 3. The highest BCUT2D eigenvalue weighted by molar-refractivity contribution is 7.89. The van der Waals surface area contributed by atoms with E-state index in [-0.39, 0.29) is 55.0 Å². The molecule has 0 radical (unpaired) electrons. The van der Waals surface area contributed by atoms with E-state index < -0.39 is 15.4 Å². The van der Waals surface area contributed by atoms with Crippen molar-refractivity contribution in [2.75, 3.05) is 39.0 Å². The number of carbonyl (C=O) groups is 2. The van der Waals surface area contributed by atoms with Crippen LogP contribution in [-0.2, 0) is 14.8 Å². The normalized spacial score (nSPS) is 23.6. The molecule has 2 aliphatic carbocycles. The molecule has 3 aromatic rings. The van der Waals surface area contributed by atoms with Gasteiger partial charge in [-0.05, 0) is 79.1 Å². The van der Waals surface area contributed by atoms with Crippen LogP contribution in [0.3, 0.4) is 0 Å². The molecule has 2 saturated carbocycles. The van der Waals surface area contributed by atoms with Gasteiger partial charge in [-0.25, -0.2) is 8.42 Å². The lowest BCUT2D eigenvalue weighted by molar-refractivity contribution is -0.128. The van der Waals surface area contributed by atoms with E-state index in [1.165, 1.54) is 4.31 Å². The Balaban J connectivity index is 1.24. The standard InChI is InChI=1S/C33H38ClN3O5S/c1-22-26(20-29(23-9-11-25(42-4)12-10-23)37(22)28-8-6-5-7-27(28)34)31(39)35-15-17-36(18-16-35)43(40,41)21-33-14-13-24(19-30(33)38)32(33,2)3/h5-12,20,24H,13-19,21H2,1-4H3. The zero-order chi connectivity index (χ0) is 30.7. The number of para-hydroxylation sites is 1. The van der Waals surface area contributed by atoms with Crippen molar-refractivity contribution in [3.05, 3.63) is 70.9 Å². The van der Waals surface area contributed by atoms with E-state index in [1.807, 2.05) is 66.1 Å². The number of benzene rings is 2. The number of rotatable bonds is 7. The number of amides is 1. The van der Waals surface area contributed by atoms with Crippen LogP contribution in [0.2, 0.25) is 5.02 Å². The molecule has 228 valence electrons. The lowest BCUT2D eigenvalue weighted by atomic mass is 9.70. The maximum absolute atomic E-state index is 13.9. The van der Waals surface area contributed by atoms with Crippen LogP contribution in [0.5, 0.6) is 5.75 Å². The number of methoxy groups -OCH3 is 1. The third-order valence-electron chi connectivity index (χ3n) is 10.4. The van der Waals surface area contributed by atoms with E-state index in [2.05, 4.69) is 13.8 Å². The van der Waals surface area contributed by atoms with Crippen molar-refractivity contribution in [2.45, 2.75) is 40.0 Å². The summed E-state index contributed by atoms with van der Waals surface area (Å²) in [5, 5.41) is 0.561. The Bertz CT molecular complexity index is 1690. The van der Waals surface area contributed by atoms with E-state index in [9.17, 15) is 18.0 Å². The maximum atomic E-state index is 13.9. The molecule has 2 bridgehead atoms. The predicted octanol–water partition coefficient (Wildman–Crippen LogP) is 5.60. The number of hydrogen-bond donors (Lipinski definition) is 0. The van der Waals surface area contributed by atoms with Crippen LogP contribution in [0, 0.1) is 23.7 Å². The summed E-state index contributed by atoms with van der Waals surface area (Å²) in [6, 6.07) is 17.0. The van der Waals surface area contributed by atoms with E-state index >= 15 is 0 Å². The minimum Gasteiger partial charge on any atom is -0.497 e. The summed E-state index contributed by atoms with van der Waals surface area (Å²) in [7, 11) is -2.06. The number of Topliss-reactive ketones (excluding diaryl/α,β-unsaturated/α-hetero) is 1. The average molecular weight is 624 g/mol. The Morgan fingerprint density at radius 2 is 1.72 bits per heavy atom. The van der Waals surface area contributed by atoms with E-state index in [0.29, 0.717) is 23.4 Å². The quantitative estimate of drug-likeness (QED) is 0.342. The number of carbonyl (C=O) groups excluding carboxylic acids is 2. The van der Waals surface area contributed by atoms with Gasteiger partial charge in [-0.15, -0.1) is 0 Å². The summed E-state index contributed by atoms with van der Waals surface area (Å²) in [5.41, 5.74) is 2.64. The fourth-order valence-electron chi connectivity index (χ4n) is 7.59. The highest BCUT2D eigenvalue weighted by Crippen LogP contribution is 2.64. The number of ether oxygens (including phenoxy) is 1. The van der Waals surface area contributed by atoms with Gasteiger partial charge in [-0.1, -0.05) is 37.6 Å². The molecular weight excluding hydrogens is 586 g/mol. The van der Waals surface area contributed by atoms with Crippen LogP contribution in [0.25, 0.3) is 16.9 Å². The number of sulfonamides is 1. The third kappa shape index (κ3) is 4.80. The number of ketones is 1. The molecule has 2 heterocycles. The lowest BCUT2D eigenvalue weighted by Gasteiger charge is -2.39. The second kappa shape index (κ2) is 10.8. The molecule has 1 aromatic heterocycles. The van der Waals surface area contributed by atoms with Gasteiger partial charge >= 0.3 is 0 Å². The van der Waals surface area contributed by atoms with Gasteiger partial charge in [0.15, 0.2) is 0 Å². The molecule has 3 aliphatic rings. The molecule has 1 amide bonds. The van der Waals surface area contributed by atoms with Crippen molar-refractivity contribution in [1.82, 2.24) is 13.8 Å². The van der Waals surface area contributed by atoms with Gasteiger partial charge in [0.2, 0.25) is 10.0 Å². The van der Waals surface area contributed by atoms with E-state index in [4.69, 9.17) is 16.3 Å². The Kier molecular flexibility index (Phi) is 7.50. The molecule has 0 spiro atoms. The summed E-state index contributed by atoms with van der Waals surface area (Å²) in [5.74, 6) is 0.792. The van der Waals surface area contributed by atoms with E-state index in [0.717, 1.165) is 34.8 Å². The summed E-state index contributed by atoms with van der Waals surface area (Å²) < 4.78 is 36.1. The van der Waals surface area contributed by atoms with Crippen LogP contribution >= 0.6 is 11.6 Å². The van der Waals surface area contributed by atoms with Crippen LogP contribution in [-0.4, -0.2) is 72.9 Å². The van der Waals surface area contributed by atoms with Gasteiger partial charge < -0.3 is 14.2 Å². The first-order valence-electron chi connectivity index (χ1n) is 14.8. The monoisotopic (exact) mass is 623 g/mol. The van der Waals surface area contributed by atoms with Crippen molar-refractivity contribution in [1.29, 1.82) is 0 Å². The highest BCUT2D eigenvalue weighted by Gasteiger charge is 2.65. The van der Waals surface area contributed by atoms with Gasteiger partial charge in [0.25, 0.3) is 5.91 Å². The first-order chi connectivity index (χ1) is 20.4. The molecule has 10 heteroatoms. The summed E-state index contributed by atoms with van der Waals surface area (Å²) >= 11 is 6.62. The minimum atomic E-state index is -3.68. The molecule has 6 rings (SSSR count). The topological polar surface area (TPSA) is 88.9 Å². The van der Waals surface area contributed by atoms with Crippen LogP contribution in [0.4, 0.5) is 0 Å². The summed E-state index contributed by atoms with van der Waals surface area (Å²) in [6.07, 6.45) is 2.03. The van der Waals surface area contributed by atoms with E-state index in [1.54, 1.807) is 12.0 Å². The molecule has 1 saturated heterocycles. The predicted molar refractivity (Wildman–Crippen MR) is 167 cm³/mol. The SMILES string of the molecule is COc1ccc(-c2cc(C(=O)N3CCN(S(=O)(=O)CC45CCC(CC4=O)C5(C)C)CC3)c(C)n2-c2ccccc2Cl)cc1. The van der Waals surface area contributed by atoms with Crippen LogP contribution in [0.1, 0.15) is 49.2 Å². The van der Waals surface area contributed by atoms with Gasteiger partial charge in [0.05, 0.1) is 34.8 Å².